The second kappa shape index (κ2) is 3.70. The first-order valence-corrected chi connectivity index (χ1v) is 4.52. The first-order chi connectivity index (χ1) is 7.20. The molecule has 15 heavy (non-hydrogen) atoms. The maximum atomic E-state index is 11.0. The molecule has 0 fully saturated rings. The molecule has 76 valence electrons. The molecule has 2 aromatic rings. The number of nitrogens with zero attached hydrogens (tertiary/aromatic N) is 2. The molecule has 0 aliphatic rings. The Morgan fingerprint density at radius 2 is 2.33 bits per heavy atom. The molecular weight excluding hydrogens is 216 g/mol. The number of aromatic nitrogens is 3. The number of primary amides is 1. The van der Waals surface area contributed by atoms with Gasteiger partial charge in [-0.05, 0) is 12.1 Å². The minimum absolute atomic E-state index is 0.135. The lowest BCUT2D eigenvalue weighted by Crippen LogP contribution is -2.12. The van der Waals surface area contributed by atoms with E-state index in [1.165, 1.54) is 6.20 Å². The van der Waals surface area contributed by atoms with Crippen LogP contribution in [0.4, 0.5) is 0 Å². The lowest BCUT2D eigenvalue weighted by atomic mass is 10.1. The van der Waals surface area contributed by atoms with Crippen LogP contribution < -0.4 is 5.73 Å². The quantitative estimate of drug-likeness (QED) is 0.801. The van der Waals surface area contributed by atoms with Crippen molar-refractivity contribution in [1.29, 1.82) is 0 Å². The molecule has 0 aromatic carbocycles. The molecule has 0 bridgehead atoms. The number of rotatable bonds is 2. The summed E-state index contributed by atoms with van der Waals surface area (Å²) >= 11 is 5.94. The van der Waals surface area contributed by atoms with Gasteiger partial charge in [-0.15, -0.1) is 0 Å². The van der Waals surface area contributed by atoms with E-state index in [2.05, 4.69) is 15.2 Å². The van der Waals surface area contributed by atoms with E-state index in [-0.39, 0.29) is 5.69 Å². The smallest absolute Gasteiger partial charge is 0.269 e. The molecule has 0 unspecified atom stereocenters. The highest BCUT2D eigenvalue weighted by atomic mass is 35.5. The minimum atomic E-state index is -0.618. The molecule has 5 nitrogen and oxygen atoms in total. The zero-order valence-electron chi connectivity index (χ0n) is 7.57. The summed E-state index contributed by atoms with van der Waals surface area (Å²) in [6.45, 7) is 0. The zero-order valence-corrected chi connectivity index (χ0v) is 8.32. The fourth-order valence-electron chi connectivity index (χ4n) is 1.24. The highest BCUT2D eigenvalue weighted by molar-refractivity contribution is 6.33. The third kappa shape index (κ3) is 1.69. The van der Waals surface area contributed by atoms with Crippen molar-refractivity contribution < 1.29 is 4.79 Å². The molecule has 0 aliphatic carbocycles. The highest BCUT2D eigenvalue weighted by Crippen LogP contribution is 2.26. The molecule has 1 amide bonds. The van der Waals surface area contributed by atoms with Gasteiger partial charge < -0.3 is 5.73 Å². The summed E-state index contributed by atoms with van der Waals surface area (Å²) in [6, 6.07) is 3.39. The Morgan fingerprint density at radius 1 is 1.53 bits per heavy atom. The number of aromatic amines is 1. The SMILES string of the molecule is NC(=O)c1n[nH]cc1-c1ncccc1Cl. The van der Waals surface area contributed by atoms with E-state index in [4.69, 9.17) is 17.3 Å². The van der Waals surface area contributed by atoms with Gasteiger partial charge in [0.05, 0.1) is 16.3 Å². The lowest BCUT2D eigenvalue weighted by Gasteiger charge is -2.00. The Bertz CT molecular complexity index is 508. The van der Waals surface area contributed by atoms with Crippen molar-refractivity contribution in [3.63, 3.8) is 0 Å². The average Bonchev–Trinajstić information content (AvgIpc) is 2.67. The molecule has 2 heterocycles. The molecule has 6 heteroatoms. The predicted molar refractivity (Wildman–Crippen MR) is 55.3 cm³/mol. The van der Waals surface area contributed by atoms with Gasteiger partial charge in [0.2, 0.25) is 0 Å². The second-order valence-corrected chi connectivity index (χ2v) is 3.25. The molecule has 0 spiro atoms. The maximum absolute atomic E-state index is 11.0. The van der Waals surface area contributed by atoms with Crippen LogP contribution in [0.2, 0.25) is 5.02 Å². The van der Waals surface area contributed by atoms with Gasteiger partial charge in [0, 0.05) is 12.4 Å². The van der Waals surface area contributed by atoms with Crippen molar-refractivity contribution >= 4 is 17.5 Å². The predicted octanol–water partition coefficient (Wildman–Crippen LogP) is 1.22. The average molecular weight is 223 g/mol. The summed E-state index contributed by atoms with van der Waals surface area (Å²) < 4.78 is 0. The highest BCUT2D eigenvalue weighted by Gasteiger charge is 2.15. The molecule has 2 aromatic heterocycles. The van der Waals surface area contributed by atoms with Crippen LogP contribution in [0, 0.1) is 0 Å². The molecule has 0 saturated carbocycles. The number of amides is 1. The van der Waals surface area contributed by atoms with Gasteiger partial charge in [0.1, 0.15) is 0 Å². The fourth-order valence-corrected chi connectivity index (χ4v) is 1.47. The van der Waals surface area contributed by atoms with Crippen LogP contribution in [0.1, 0.15) is 10.5 Å². The van der Waals surface area contributed by atoms with Gasteiger partial charge >= 0.3 is 0 Å². The summed E-state index contributed by atoms with van der Waals surface area (Å²) in [4.78, 5) is 15.1. The summed E-state index contributed by atoms with van der Waals surface area (Å²) in [5.41, 5.74) is 6.28. The van der Waals surface area contributed by atoms with Crippen molar-refractivity contribution in [3.8, 4) is 11.3 Å². The number of pyridine rings is 1. The van der Waals surface area contributed by atoms with E-state index in [1.54, 1.807) is 18.3 Å². The number of hydrogen-bond donors (Lipinski definition) is 2. The Balaban J connectivity index is 2.59. The van der Waals surface area contributed by atoms with Gasteiger partial charge in [0.15, 0.2) is 5.69 Å². The number of nitrogens with one attached hydrogen (secondary N) is 1. The zero-order chi connectivity index (χ0) is 10.8. The number of carbonyl (C=O) groups excluding carboxylic acids is 1. The number of nitrogens with two attached hydrogens (primary N) is 1. The van der Waals surface area contributed by atoms with Crippen LogP contribution >= 0.6 is 11.6 Å². The first-order valence-electron chi connectivity index (χ1n) is 4.14. The third-order valence-corrected chi connectivity index (χ3v) is 2.19. The maximum Gasteiger partial charge on any atom is 0.269 e. The fraction of sp³-hybridized carbons (Fsp3) is 0. The van der Waals surface area contributed by atoms with E-state index in [0.717, 1.165) is 0 Å². The van der Waals surface area contributed by atoms with Crippen LogP contribution in [0.5, 0.6) is 0 Å². The van der Waals surface area contributed by atoms with Crippen molar-refractivity contribution in [3.05, 3.63) is 35.2 Å². The summed E-state index contributed by atoms with van der Waals surface area (Å²) in [7, 11) is 0. The van der Waals surface area contributed by atoms with E-state index in [1.807, 2.05) is 0 Å². The van der Waals surface area contributed by atoms with E-state index >= 15 is 0 Å². The molecule has 2 rings (SSSR count). The summed E-state index contributed by atoms with van der Waals surface area (Å²) in [6.07, 6.45) is 3.12. The Kier molecular flexibility index (Phi) is 2.39. The van der Waals surface area contributed by atoms with E-state index in [0.29, 0.717) is 16.3 Å². The monoisotopic (exact) mass is 222 g/mol. The first kappa shape index (κ1) is 9.67. The van der Waals surface area contributed by atoms with Crippen LogP contribution in [0.15, 0.2) is 24.5 Å². The topological polar surface area (TPSA) is 84.7 Å². The van der Waals surface area contributed by atoms with Gasteiger partial charge in [-0.2, -0.15) is 5.10 Å². The van der Waals surface area contributed by atoms with Crippen LogP contribution in [-0.4, -0.2) is 21.1 Å². The third-order valence-electron chi connectivity index (χ3n) is 1.89. The van der Waals surface area contributed by atoms with Gasteiger partial charge in [0.25, 0.3) is 5.91 Å². The Morgan fingerprint density at radius 3 is 3.00 bits per heavy atom. The number of carbonyl (C=O) groups is 1. The number of H-pyrrole nitrogens is 1. The van der Waals surface area contributed by atoms with E-state index < -0.39 is 5.91 Å². The minimum Gasteiger partial charge on any atom is -0.364 e. The second-order valence-electron chi connectivity index (χ2n) is 2.85. The molecule has 0 aliphatic heterocycles. The van der Waals surface area contributed by atoms with Crippen molar-refractivity contribution in [2.45, 2.75) is 0 Å². The molecule has 0 atom stereocenters. The van der Waals surface area contributed by atoms with Crippen LogP contribution in [0.25, 0.3) is 11.3 Å². The molecule has 0 radical (unpaired) electrons. The van der Waals surface area contributed by atoms with Crippen molar-refractivity contribution in [2.75, 3.05) is 0 Å². The Hall–Kier alpha value is -1.88. The van der Waals surface area contributed by atoms with Gasteiger partial charge in [-0.1, -0.05) is 11.6 Å². The van der Waals surface area contributed by atoms with Crippen LogP contribution in [0.3, 0.4) is 0 Å². The lowest BCUT2D eigenvalue weighted by molar-refractivity contribution is 0.0996. The van der Waals surface area contributed by atoms with Crippen molar-refractivity contribution in [1.82, 2.24) is 15.2 Å². The van der Waals surface area contributed by atoms with Gasteiger partial charge in [-0.3, -0.25) is 14.9 Å². The summed E-state index contributed by atoms with van der Waals surface area (Å²) in [5.74, 6) is -0.618. The molecule has 0 saturated heterocycles. The normalized spacial score (nSPS) is 10.2. The standard InChI is InChI=1S/C9H7ClN4O/c10-6-2-1-3-12-7(6)5-4-13-14-8(5)9(11)15/h1-4H,(H2,11,15)(H,13,14). The number of halogens is 1. The largest absolute Gasteiger partial charge is 0.364 e. The van der Waals surface area contributed by atoms with E-state index in [9.17, 15) is 4.79 Å². The summed E-state index contributed by atoms with van der Waals surface area (Å²) in [5, 5.41) is 6.74. The molecule has 3 N–H and O–H groups in total. The molecular formula is C9H7ClN4O. The van der Waals surface area contributed by atoms with Gasteiger partial charge in [-0.25, -0.2) is 0 Å². The number of hydrogen-bond acceptors (Lipinski definition) is 3. The van der Waals surface area contributed by atoms with Crippen LogP contribution in [-0.2, 0) is 0 Å². The Labute approximate surface area is 90.3 Å². The van der Waals surface area contributed by atoms with Crippen molar-refractivity contribution in [2.24, 2.45) is 5.73 Å².